The van der Waals surface area contributed by atoms with E-state index in [0.29, 0.717) is 21.5 Å². The van der Waals surface area contributed by atoms with Crippen molar-refractivity contribution >= 4 is 55.7 Å². The van der Waals surface area contributed by atoms with Crippen molar-refractivity contribution < 1.29 is 22.7 Å². The second-order valence-electron chi connectivity index (χ2n) is 7.90. The fourth-order valence-electron chi connectivity index (χ4n) is 3.01. The van der Waals surface area contributed by atoms with Crippen LogP contribution in [-0.2, 0) is 19.6 Å². The van der Waals surface area contributed by atoms with E-state index in [1.54, 1.807) is 45.0 Å². The fraction of sp³-hybridized carbons (Fsp3) is 0.273. The molecule has 0 aliphatic carbocycles. The third-order valence-electron chi connectivity index (χ3n) is 4.38. The van der Waals surface area contributed by atoms with Crippen LogP contribution in [-0.4, -0.2) is 38.6 Å². The van der Waals surface area contributed by atoms with E-state index in [1.807, 2.05) is 0 Å². The monoisotopic (exact) mass is 496 g/mol. The van der Waals surface area contributed by atoms with Crippen LogP contribution in [0.1, 0.15) is 20.8 Å². The molecule has 0 fully saturated rings. The van der Waals surface area contributed by atoms with Gasteiger partial charge < -0.3 is 9.47 Å². The molecule has 10 heteroatoms. The number of hydrogen-bond acceptors (Lipinski definition) is 6. The lowest BCUT2D eigenvalue weighted by Gasteiger charge is -2.26. The first-order chi connectivity index (χ1) is 14.9. The Bertz CT molecular complexity index is 1270. The van der Waals surface area contributed by atoms with Gasteiger partial charge in [-0.3, -0.25) is 9.10 Å². The molecule has 0 atom stereocenters. The summed E-state index contributed by atoms with van der Waals surface area (Å²) in [6.07, 6.45) is 1.39. The Kier molecular flexibility index (Phi) is 6.88. The van der Waals surface area contributed by atoms with Gasteiger partial charge in [-0.2, -0.15) is 0 Å². The molecule has 0 aliphatic rings. The molecule has 32 heavy (non-hydrogen) atoms. The first-order valence-corrected chi connectivity index (χ1v) is 11.7. The standard InChI is InChI=1S/C22H22Cl2N2O5S/c1-22(2,3)31-20(27)13-26(14-6-5-7-15(10-14)30-4)32(28,29)16-8-9-17-18(11-16)21(24)25-12-19(17)23/h5-12H,13H2,1-4H3. The van der Waals surface area contributed by atoms with Crippen molar-refractivity contribution in [1.82, 2.24) is 4.98 Å². The van der Waals surface area contributed by atoms with Crippen LogP contribution >= 0.6 is 23.2 Å². The molecule has 0 aliphatic heterocycles. The number of hydrogen-bond donors (Lipinski definition) is 0. The zero-order valence-electron chi connectivity index (χ0n) is 17.9. The van der Waals surface area contributed by atoms with E-state index in [-0.39, 0.29) is 15.7 Å². The number of benzene rings is 2. The number of fused-ring (bicyclic) bond motifs is 1. The summed E-state index contributed by atoms with van der Waals surface area (Å²) in [7, 11) is -2.74. The number of anilines is 1. The third-order valence-corrected chi connectivity index (χ3v) is 6.76. The number of methoxy groups -OCH3 is 1. The van der Waals surface area contributed by atoms with Gasteiger partial charge in [0.1, 0.15) is 23.0 Å². The molecule has 1 aromatic heterocycles. The number of esters is 1. The number of carbonyl (C=O) groups excluding carboxylic acids is 1. The van der Waals surface area contributed by atoms with E-state index in [1.165, 1.54) is 31.5 Å². The Hall–Kier alpha value is -2.55. The molecule has 0 unspecified atom stereocenters. The van der Waals surface area contributed by atoms with Crippen molar-refractivity contribution in [1.29, 1.82) is 0 Å². The zero-order valence-corrected chi connectivity index (χ0v) is 20.3. The van der Waals surface area contributed by atoms with Gasteiger partial charge in [-0.05, 0) is 45.0 Å². The molecular formula is C22H22Cl2N2O5S. The smallest absolute Gasteiger partial charge is 0.327 e. The van der Waals surface area contributed by atoms with Gasteiger partial charge in [-0.25, -0.2) is 13.4 Å². The van der Waals surface area contributed by atoms with Crippen molar-refractivity contribution in [3.05, 3.63) is 58.8 Å². The third kappa shape index (κ3) is 5.26. The van der Waals surface area contributed by atoms with E-state index in [0.717, 1.165) is 4.31 Å². The maximum Gasteiger partial charge on any atom is 0.327 e. The molecule has 3 rings (SSSR count). The van der Waals surface area contributed by atoms with Gasteiger partial charge in [0, 0.05) is 23.0 Å². The van der Waals surface area contributed by atoms with Gasteiger partial charge in [0.05, 0.1) is 22.7 Å². The topological polar surface area (TPSA) is 85.8 Å². The molecule has 0 saturated carbocycles. The van der Waals surface area contributed by atoms with E-state index in [4.69, 9.17) is 32.7 Å². The van der Waals surface area contributed by atoms with E-state index < -0.39 is 28.1 Å². The van der Waals surface area contributed by atoms with Crippen LogP contribution in [0.3, 0.4) is 0 Å². The maximum atomic E-state index is 13.7. The number of aromatic nitrogens is 1. The number of carbonyl (C=O) groups is 1. The lowest BCUT2D eigenvalue weighted by molar-refractivity contribution is -0.152. The van der Waals surface area contributed by atoms with Crippen LogP contribution in [0.5, 0.6) is 5.75 Å². The average Bonchev–Trinajstić information content (AvgIpc) is 2.73. The second kappa shape index (κ2) is 9.13. The van der Waals surface area contributed by atoms with Crippen LogP contribution in [0.2, 0.25) is 10.2 Å². The molecular weight excluding hydrogens is 475 g/mol. The highest BCUT2D eigenvalue weighted by molar-refractivity contribution is 7.92. The lowest BCUT2D eigenvalue weighted by Crippen LogP contribution is -2.39. The Morgan fingerprint density at radius 1 is 1.09 bits per heavy atom. The summed E-state index contributed by atoms with van der Waals surface area (Å²) in [6, 6.07) is 10.7. The molecule has 0 amide bonds. The predicted molar refractivity (Wildman–Crippen MR) is 125 cm³/mol. The van der Waals surface area contributed by atoms with Crippen LogP contribution in [0.25, 0.3) is 10.8 Å². The molecule has 0 bridgehead atoms. The second-order valence-corrected chi connectivity index (χ2v) is 10.5. The quantitative estimate of drug-likeness (QED) is 0.349. The van der Waals surface area contributed by atoms with Crippen LogP contribution in [0.4, 0.5) is 5.69 Å². The number of ether oxygens (including phenoxy) is 2. The van der Waals surface area contributed by atoms with Crippen molar-refractivity contribution in [3.8, 4) is 5.75 Å². The van der Waals surface area contributed by atoms with E-state index in [2.05, 4.69) is 4.98 Å². The lowest BCUT2D eigenvalue weighted by atomic mass is 10.2. The van der Waals surface area contributed by atoms with E-state index in [9.17, 15) is 13.2 Å². The number of rotatable bonds is 6. The predicted octanol–water partition coefficient (Wildman–Crippen LogP) is 5.09. The Labute approximate surface area is 196 Å². The van der Waals surface area contributed by atoms with Gasteiger partial charge in [-0.15, -0.1) is 0 Å². The summed E-state index contributed by atoms with van der Waals surface area (Å²) in [5.74, 6) is -0.267. The van der Waals surface area contributed by atoms with Crippen LogP contribution < -0.4 is 9.04 Å². The Balaban J connectivity index is 2.13. The molecule has 170 valence electrons. The molecule has 3 aromatic rings. The van der Waals surface area contributed by atoms with Gasteiger partial charge in [0.2, 0.25) is 0 Å². The molecule has 7 nitrogen and oxygen atoms in total. The highest BCUT2D eigenvalue weighted by atomic mass is 35.5. The highest BCUT2D eigenvalue weighted by Gasteiger charge is 2.30. The molecule has 0 N–H and O–H groups in total. The average molecular weight is 497 g/mol. The fourth-order valence-corrected chi connectivity index (χ4v) is 4.86. The Morgan fingerprint density at radius 2 is 1.81 bits per heavy atom. The number of pyridine rings is 1. The number of halogens is 2. The van der Waals surface area contributed by atoms with Gasteiger partial charge in [0.15, 0.2) is 0 Å². The molecule has 0 saturated heterocycles. The maximum absolute atomic E-state index is 13.7. The summed E-state index contributed by atoms with van der Waals surface area (Å²) in [6.45, 7) is 4.58. The highest BCUT2D eigenvalue weighted by Crippen LogP contribution is 2.32. The van der Waals surface area contributed by atoms with Gasteiger partial charge in [-0.1, -0.05) is 35.3 Å². The Morgan fingerprint density at radius 3 is 2.47 bits per heavy atom. The van der Waals surface area contributed by atoms with Gasteiger partial charge in [0.25, 0.3) is 10.0 Å². The minimum Gasteiger partial charge on any atom is -0.497 e. The zero-order chi connectivity index (χ0) is 23.7. The number of nitrogens with zero attached hydrogens (tertiary/aromatic N) is 2. The molecule has 0 radical (unpaired) electrons. The molecule has 1 heterocycles. The van der Waals surface area contributed by atoms with Crippen molar-refractivity contribution in [2.24, 2.45) is 0 Å². The van der Waals surface area contributed by atoms with Crippen molar-refractivity contribution in [2.75, 3.05) is 18.0 Å². The molecule has 0 spiro atoms. The summed E-state index contributed by atoms with van der Waals surface area (Å²) in [5, 5.41) is 1.39. The summed E-state index contributed by atoms with van der Waals surface area (Å²) in [4.78, 5) is 16.5. The first-order valence-electron chi connectivity index (χ1n) is 9.55. The minimum atomic E-state index is -4.20. The first kappa shape index (κ1) is 24.1. The largest absolute Gasteiger partial charge is 0.497 e. The summed E-state index contributed by atoms with van der Waals surface area (Å²) in [5.41, 5.74) is -0.537. The van der Waals surface area contributed by atoms with Crippen LogP contribution in [0, 0.1) is 0 Å². The number of sulfonamides is 1. The molecule has 2 aromatic carbocycles. The summed E-state index contributed by atoms with van der Waals surface area (Å²) < 4.78 is 38.9. The minimum absolute atomic E-state index is 0.0812. The normalized spacial score (nSPS) is 11.9. The van der Waals surface area contributed by atoms with Crippen molar-refractivity contribution in [2.45, 2.75) is 31.3 Å². The SMILES string of the molecule is COc1cccc(N(CC(=O)OC(C)(C)C)S(=O)(=O)c2ccc3c(Cl)cnc(Cl)c3c2)c1. The van der Waals surface area contributed by atoms with Gasteiger partial charge >= 0.3 is 5.97 Å². The summed E-state index contributed by atoms with van der Waals surface area (Å²) >= 11 is 12.3. The van der Waals surface area contributed by atoms with Crippen LogP contribution in [0.15, 0.2) is 53.6 Å². The van der Waals surface area contributed by atoms with E-state index >= 15 is 0 Å². The van der Waals surface area contributed by atoms with Crippen molar-refractivity contribution in [3.63, 3.8) is 0 Å².